The molecule has 4 rings (SSSR count). The van der Waals surface area contributed by atoms with Gasteiger partial charge in [-0.2, -0.15) is 0 Å². The summed E-state index contributed by atoms with van der Waals surface area (Å²) >= 11 is 1.25. The molecule has 9 nitrogen and oxygen atoms in total. The molecule has 0 bridgehead atoms. The van der Waals surface area contributed by atoms with Gasteiger partial charge in [-0.3, -0.25) is 9.36 Å². The average Bonchev–Trinajstić information content (AvgIpc) is 3.23. The van der Waals surface area contributed by atoms with Gasteiger partial charge in [0.1, 0.15) is 0 Å². The Bertz CT molecular complexity index is 1590. The van der Waals surface area contributed by atoms with E-state index < -0.39 is 12.0 Å². The summed E-state index contributed by atoms with van der Waals surface area (Å²) in [6.45, 7) is 8.39. The Kier molecular flexibility index (Phi) is 8.75. The lowest BCUT2D eigenvalue weighted by molar-refractivity contribution is -0.139. The van der Waals surface area contributed by atoms with Crippen LogP contribution in [0.1, 0.15) is 44.9 Å². The van der Waals surface area contributed by atoms with E-state index in [1.165, 1.54) is 11.3 Å². The highest BCUT2D eigenvalue weighted by molar-refractivity contribution is 7.07. The first-order valence-electron chi connectivity index (χ1n) is 12.7. The predicted octanol–water partition coefficient (Wildman–Crippen LogP) is 3.61. The van der Waals surface area contributed by atoms with Crippen LogP contribution in [0, 0.1) is 0 Å². The van der Waals surface area contributed by atoms with Gasteiger partial charge in [-0.05, 0) is 69.2 Å². The third-order valence-electron chi connectivity index (χ3n) is 6.11. The van der Waals surface area contributed by atoms with Crippen LogP contribution in [-0.4, -0.2) is 44.6 Å². The Morgan fingerprint density at radius 3 is 2.31 bits per heavy atom. The highest BCUT2D eigenvalue weighted by atomic mass is 32.1. The number of nitrogens with zero attached hydrogens (tertiary/aromatic N) is 2. The molecule has 1 aromatic heterocycles. The van der Waals surface area contributed by atoms with Crippen molar-refractivity contribution in [3.63, 3.8) is 0 Å². The molecule has 10 heteroatoms. The molecule has 0 radical (unpaired) electrons. The normalized spacial score (nSPS) is 14.9. The summed E-state index contributed by atoms with van der Waals surface area (Å²) in [5.41, 5.74) is 1.95. The number of fused-ring (bicyclic) bond motifs is 1. The minimum absolute atomic E-state index is 0.194. The number of benzene rings is 2. The number of carbonyl (C=O) groups excluding carboxylic acids is 1. The summed E-state index contributed by atoms with van der Waals surface area (Å²) < 4.78 is 29.7. The van der Waals surface area contributed by atoms with Crippen molar-refractivity contribution in [3.8, 4) is 23.0 Å². The lowest BCUT2D eigenvalue weighted by Gasteiger charge is -2.25. The zero-order chi connectivity index (χ0) is 28.1. The number of thiazole rings is 1. The highest BCUT2D eigenvalue weighted by Crippen LogP contribution is 2.36. The molecule has 1 unspecified atom stereocenters. The Labute approximate surface area is 230 Å². The molecule has 39 heavy (non-hydrogen) atoms. The van der Waals surface area contributed by atoms with Gasteiger partial charge in [0.05, 0.1) is 55.9 Å². The lowest BCUT2D eigenvalue weighted by atomic mass is 9.95. The number of rotatable bonds is 10. The van der Waals surface area contributed by atoms with Crippen LogP contribution in [0.3, 0.4) is 0 Å². The number of aromatic nitrogens is 1. The fraction of sp³-hybridized carbons (Fsp3) is 0.345. The third-order valence-corrected chi connectivity index (χ3v) is 7.09. The fourth-order valence-corrected chi connectivity index (χ4v) is 5.49. The minimum Gasteiger partial charge on any atom is -0.493 e. The molecule has 0 N–H and O–H groups in total. The second-order valence-corrected chi connectivity index (χ2v) is 9.50. The minimum atomic E-state index is -0.762. The lowest BCUT2D eigenvalue weighted by Crippen LogP contribution is -2.40. The van der Waals surface area contributed by atoms with Crippen LogP contribution in [0.5, 0.6) is 23.0 Å². The monoisotopic (exact) mass is 552 g/mol. The smallest absolute Gasteiger partial charge is 0.338 e. The summed E-state index contributed by atoms with van der Waals surface area (Å²) in [5, 5.41) is 0. The van der Waals surface area contributed by atoms with E-state index in [0.717, 1.165) is 5.56 Å². The van der Waals surface area contributed by atoms with Crippen molar-refractivity contribution in [2.45, 2.75) is 33.7 Å². The van der Waals surface area contributed by atoms with E-state index in [2.05, 4.69) is 4.99 Å². The van der Waals surface area contributed by atoms with Crippen molar-refractivity contribution in [1.29, 1.82) is 0 Å². The summed E-state index contributed by atoms with van der Waals surface area (Å²) in [7, 11) is 3.13. The van der Waals surface area contributed by atoms with E-state index >= 15 is 0 Å². The first kappa shape index (κ1) is 28.0. The fourth-order valence-electron chi connectivity index (χ4n) is 4.44. The molecular formula is C29H32N2O7S. The van der Waals surface area contributed by atoms with Crippen LogP contribution in [0.25, 0.3) is 6.08 Å². The molecular weight excluding hydrogens is 520 g/mol. The van der Waals surface area contributed by atoms with Gasteiger partial charge in [-0.1, -0.05) is 23.5 Å². The van der Waals surface area contributed by atoms with Crippen LogP contribution >= 0.6 is 11.3 Å². The standard InChI is InChI=1S/C29H32N2O7S/c1-7-36-21-12-10-18(14-22(21)35-6)15-24-27(32)31-26(19-11-13-20(34-5)23(16-19)37-8-2)25(28(33)38-9-3)17(4)30-29(31)39-24/h10-16,26H,7-9H2,1-6H3/b24-15-. The van der Waals surface area contributed by atoms with Gasteiger partial charge >= 0.3 is 5.97 Å². The maximum atomic E-state index is 13.9. The molecule has 3 aromatic rings. The molecule has 1 aliphatic heterocycles. The van der Waals surface area contributed by atoms with Gasteiger partial charge < -0.3 is 23.7 Å². The SMILES string of the molecule is CCOC(=O)C1=C(C)N=c2s/c(=C\c3ccc(OCC)c(OC)c3)c(=O)n2C1c1ccc(OC)c(OCC)c1. The molecule has 0 saturated carbocycles. The van der Waals surface area contributed by atoms with E-state index in [0.29, 0.717) is 62.4 Å². The van der Waals surface area contributed by atoms with Crippen LogP contribution in [-0.2, 0) is 9.53 Å². The van der Waals surface area contributed by atoms with E-state index in [1.54, 1.807) is 50.8 Å². The van der Waals surface area contributed by atoms with Crippen LogP contribution < -0.4 is 33.8 Å². The molecule has 0 aliphatic carbocycles. The molecule has 2 aromatic carbocycles. The first-order valence-corrected chi connectivity index (χ1v) is 13.5. The summed E-state index contributed by atoms with van der Waals surface area (Å²) in [6.07, 6.45) is 1.78. The average molecular weight is 553 g/mol. The Balaban J connectivity index is 1.92. The van der Waals surface area contributed by atoms with Crippen molar-refractivity contribution >= 4 is 23.4 Å². The second-order valence-electron chi connectivity index (χ2n) is 8.49. The molecule has 1 aliphatic rings. The summed E-state index contributed by atoms with van der Waals surface area (Å²) in [5.74, 6) is 1.73. The zero-order valence-electron chi connectivity index (χ0n) is 22.9. The Morgan fingerprint density at radius 1 is 0.949 bits per heavy atom. The largest absolute Gasteiger partial charge is 0.493 e. The van der Waals surface area contributed by atoms with Gasteiger partial charge in [0.15, 0.2) is 27.8 Å². The number of hydrogen-bond acceptors (Lipinski definition) is 9. The Morgan fingerprint density at radius 2 is 1.64 bits per heavy atom. The first-order chi connectivity index (χ1) is 18.9. The van der Waals surface area contributed by atoms with Crippen molar-refractivity contribution in [1.82, 2.24) is 4.57 Å². The van der Waals surface area contributed by atoms with Gasteiger partial charge in [0.2, 0.25) is 0 Å². The molecule has 2 heterocycles. The number of esters is 1. The van der Waals surface area contributed by atoms with E-state index in [4.69, 9.17) is 23.7 Å². The zero-order valence-corrected chi connectivity index (χ0v) is 23.7. The number of allylic oxidation sites excluding steroid dienone is 1. The van der Waals surface area contributed by atoms with Gasteiger partial charge in [-0.25, -0.2) is 9.79 Å². The van der Waals surface area contributed by atoms with Crippen LogP contribution in [0.4, 0.5) is 0 Å². The third kappa shape index (κ3) is 5.56. The predicted molar refractivity (Wildman–Crippen MR) is 149 cm³/mol. The number of hydrogen-bond donors (Lipinski definition) is 0. The van der Waals surface area contributed by atoms with Crippen LogP contribution in [0.2, 0.25) is 0 Å². The second kappa shape index (κ2) is 12.2. The molecule has 206 valence electrons. The topological polar surface area (TPSA) is 97.6 Å². The number of methoxy groups -OCH3 is 2. The maximum Gasteiger partial charge on any atom is 0.338 e. The van der Waals surface area contributed by atoms with Gasteiger partial charge in [0.25, 0.3) is 5.56 Å². The highest BCUT2D eigenvalue weighted by Gasteiger charge is 2.34. The number of ether oxygens (including phenoxy) is 5. The number of carbonyl (C=O) groups is 1. The summed E-state index contributed by atoms with van der Waals surface area (Å²) in [6, 6.07) is 10.1. The molecule has 1 atom stereocenters. The molecule has 0 amide bonds. The van der Waals surface area contributed by atoms with Crippen molar-refractivity contribution < 1.29 is 28.5 Å². The van der Waals surface area contributed by atoms with E-state index in [1.807, 2.05) is 38.1 Å². The molecule has 0 fully saturated rings. The van der Waals surface area contributed by atoms with Gasteiger partial charge in [0, 0.05) is 0 Å². The van der Waals surface area contributed by atoms with E-state index in [9.17, 15) is 9.59 Å². The van der Waals surface area contributed by atoms with Crippen molar-refractivity contribution in [2.75, 3.05) is 34.0 Å². The summed E-state index contributed by atoms with van der Waals surface area (Å²) in [4.78, 5) is 32.2. The van der Waals surface area contributed by atoms with E-state index in [-0.39, 0.29) is 12.2 Å². The Hall–Kier alpha value is -4.05. The van der Waals surface area contributed by atoms with Gasteiger partial charge in [-0.15, -0.1) is 0 Å². The quantitative estimate of drug-likeness (QED) is 0.355. The molecule has 0 saturated heterocycles. The van der Waals surface area contributed by atoms with Crippen molar-refractivity contribution in [3.05, 3.63) is 78.5 Å². The molecule has 0 spiro atoms. The van der Waals surface area contributed by atoms with Crippen LogP contribution in [0.15, 0.2) is 57.5 Å². The maximum absolute atomic E-state index is 13.9. The van der Waals surface area contributed by atoms with Crippen molar-refractivity contribution in [2.24, 2.45) is 4.99 Å².